The summed E-state index contributed by atoms with van der Waals surface area (Å²) in [5.74, 6) is -1.66. The summed E-state index contributed by atoms with van der Waals surface area (Å²) in [6.07, 6.45) is -2.65. The molecular formula is C14H14F3NO5. The molecule has 0 radical (unpaired) electrons. The number of carbonyl (C=O) groups is 1. The summed E-state index contributed by atoms with van der Waals surface area (Å²) in [6.45, 7) is -1.68. The van der Waals surface area contributed by atoms with E-state index in [1.165, 1.54) is 6.07 Å². The van der Waals surface area contributed by atoms with E-state index in [0.717, 1.165) is 12.1 Å². The number of nitro benzene ring substituents is 1. The molecule has 126 valence electrons. The van der Waals surface area contributed by atoms with Crippen LogP contribution in [0.4, 0.5) is 18.9 Å². The number of halogens is 3. The highest BCUT2D eigenvalue weighted by atomic mass is 19.4. The van der Waals surface area contributed by atoms with Crippen molar-refractivity contribution >= 4 is 11.7 Å². The molecule has 0 amide bonds. The normalized spacial score (nSPS) is 17.0. The lowest BCUT2D eigenvalue weighted by Crippen LogP contribution is -2.32. The van der Waals surface area contributed by atoms with Gasteiger partial charge in [-0.05, 0) is 24.5 Å². The van der Waals surface area contributed by atoms with Gasteiger partial charge >= 0.3 is 17.8 Å². The van der Waals surface area contributed by atoms with Gasteiger partial charge in [0.25, 0.3) is 0 Å². The molecule has 1 N–H and O–H groups in total. The van der Waals surface area contributed by atoms with Gasteiger partial charge in [0.15, 0.2) is 12.4 Å². The molecule has 2 rings (SSSR count). The summed E-state index contributed by atoms with van der Waals surface area (Å²) in [5.41, 5.74) is -1.63. The van der Waals surface area contributed by atoms with Crippen LogP contribution in [0, 0.1) is 10.1 Å². The molecule has 0 aromatic heterocycles. The van der Waals surface area contributed by atoms with Gasteiger partial charge in [0, 0.05) is 6.07 Å². The van der Waals surface area contributed by atoms with E-state index in [4.69, 9.17) is 0 Å². The summed E-state index contributed by atoms with van der Waals surface area (Å²) < 4.78 is 41.4. The molecule has 0 unspecified atom stereocenters. The first kappa shape index (κ1) is 17.0. The van der Waals surface area contributed by atoms with Crippen LogP contribution in [0.5, 0.6) is 5.75 Å². The van der Waals surface area contributed by atoms with Crippen LogP contribution in [0.15, 0.2) is 18.2 Å². The second-order valence-corrected chi connectivity index (χ2v) is 5.44. The molecule has 0 spiro atoms. The molecule has 1 aromatic carbocycles. The predicted octanol–water partition coefficient (Wildman–Crippen LogP) is 3.43. The number of benzene rings is 1. The first-order valence-electron chi connectivity index (χ1n) is 6.87. The highest BCUT2D eigenvalue weighted by Crippen LogP contribution is 2.44. The van der Waals surface area contributed by atoms with Crippen LogP contribution in [0.1, 0.15) is 31.2 Å². The Kier molecular flexibility index (Phi) is 4.49. The maximum absolute atomic E-state index is 12.3. The van der Waals surface area contributed by atoms with E-state index in [9.17, 15) is 33.2 Å². The number of carboxylic acid groups (broad SMARTS) is 1. The number of alkyl halides is 3. The van der Waals surface area contributed by atoms with Crippen LogP contribution in [-0.2, 0) is 10.2 Å². The zero-order chi connectivity index (χ0) is 17.3. The largest absolute Gasteiger partial charge is 0.481 e. The van der Waals surface area contributed by atoms with Crippen LogP contribution in [0.3, 0.4) is 0 Å². The zero-order valence-corrected chi connectivity index (χ0v) is 11.9. The highest BCUT2D eigenvalue weighted by Gasteiger charge is 2.43. The van der Waals surface area contributed by atoms with Crippen molar-refractivity contribution in [1.82, 2.24) is 0 Å². The van der Waals surface area contributed by atoms with E-state index in [-0.39, 0.29) is 5.56 Å². The van der Waals surface area contributed by atoms with Crippen LogP contribution in [0.2, 0.25) is 0 Å². The van der Waals surface area contributed by atoms with Crippen molar-refractivity contribution in [2.75, 3.05) is 6.61 Å². The Balaban J connectivity index is 2.43. The molecule has 0 saturated heterocycles. The van der Waals surface area contributed by atoms with E-state index in [1.54, 1.807) is 0 Å². The molecule has 0 heterocycles. The minimum Gasteiger partial charge on any atom is -0.481 e. The van der Waals surface area contributed by atoms with Crippen LogP contribution < -0.4 is 4.74 Å². The van der Waals surface area contributed by atoms with Crippen molar-refractivity contribution < 1.29 is 32.7 Å². The first-order valence-corrected chi connectivity index (χ1v) is 6.87. The fourth-order valence-corrected chi connectivity index (χ4v) is 2.84. The molecule has 0 atom stereocenters. The lowest BCUT2D eigenvalue weighted by Gasteiger charge is -2.24. The molecule has 23 heavy (non-hydrogen) atoms. The number of nitro groups is 1. The SMILES string of the molecule is O=C(O)C1(c2ccc([N+](=O)[O-])c(OCC(F)(F)F)c2)CCCC1. The topological polar surface area (TPSA) is 89.7 Å². The number of carboxylic acids is 1. The Labute approximate surface area is 129 Å². The fraction of sp³-hybridized carbons (Fsp3) is 0.500. The van der Waals surface area contributed by atoms with Crippen molar-refractivity contribution in [3.63, 3.8) is 0 Å². The van der Waals surface area contributed by atoms with E-state index in [1.807, 2.05) is 0 Å². The second kappa shape index (κ2) is 6.05. The maximum Gasteiger partial charge on any atom is 0.422 e. The maximum atomic E-state index is 12.3. The van der Waals surface area contributed by atoms with E-state index < -0.39 is 40.5 Å². The Morgan fingerprint density at radius 2 is 1.96 bits per heavy atom. The van der Waals surface area contributed by atoms with Crippen LogP contribution in [0.25, 0.3) is 0 Å². The third-order valence-corrected chi connectivity index (χ3v) is 3.97. The molecule has 1 aromatic rings. The van der Waals surface area contributed by atoms with Crippen molar-refractivity contribution in [1.29, 1.82) is 0 Å². The number of rotatable bonds is 5. The molecule has 1 aliphatic carbocycles. The van der Waals surface area contributed by atoms with Gasteiger partial charge in [0.05, 0.1) is 10.3 Å². The predicted molar refractivity (Wildman–Crippen MR) is 72.4 cm³/mol. The van der Waals surface area contributed by atoms with Gasteiger partial charge in [-0.3, -0.25) is 14.9 Å². The molecule has 6 nitrogen and oxygen atoms in total. The Hall–Kier alpha value is -2.32. The van der Waals surface area contributed by atoms with Crippen molar-refractivity contribution in [2.24, 2.45) is 0 Å². The number of aliphatic carboxylic acids is 1. The third kappa shape index (κ3) is 3.54. The van der Waals surface area contributed by atoms with Crippen molar-refractivity contribution in [3.05, 3.63) is 33.9 Å². The quantitative estimate of drug-likeness (QED) is 0.658. The first-order chi connectivity index (χ1) is 10.7. The fourth-order valence-electron chi connectivity index (χ4n) is 2.84. The lowest BCUT2D eigenvalue weighted by molar-refractivity contribution is -0.386. The monoisotopic (exact) mass is 333 g/mol. The van der Waals surface area contributed by atoms with Crippen LogP contribution >= 0.6 is 0 Å². The second-order valence-electron chi connectivity index (χ2n) is 5.44. The summed E-state index contributed by atoms with van der Waals surface area (Å²) in [6, 6.07) is 3.31. The highest BCUT2D eigenvalue weighted by molar-refractivity contribution is 5.82. The van der Waals surface area contributed by atoms with Gasteiger partial charge < -0.3 is 9.84 Å². The number of ether oxygens (including phenoxy) is 1. The Morgan fingerprint density at radius 1 is 1.35 bits per heavy atom. The summed E-state index contributed by atoms with van der Waals surface area (Å²) >= 11 is 0. The Bertz CT molecular complexity index is 623. The number of nitrogens with zero attached hydrogens (tertiary/aromatic N) is 1. The van der Waals surface area contributed by atoms with Gasteiger partial charge in [-0.25, -0.2) is 0 Å². The molecular weight excluding hydrogens is 319 g/mol. The van der Waals surface area contributed by atoms with Crippen molar-refractivity contribution in [2.45, 2.75) is 37.3 Å². The van der Waals surface area contributed by atoms with Crippen LogP contribution in [-0.4, -0.2) is 28.8 Å². The minimum absolute atomic E-state index is 0.227. The molecule has 0 bridgehead atoms. The molecule has 1 aliphatic rings. The smallest absolute Gasteiger partial charge is 0.422 e. The molecule has 1 saturated carbocycles. The van der Waals surface area contributed by atoms with Gasteiger partial charge in [0.1, 0.15) is 0 Å². The summed E-state index contributed by atoms with van der Waals surface area (Å²) in [7, 11) is 0. The van der Waals surface area contributed by atoms with Gasteiger partial charge in [-0.15, -0.1) is 0 Å². The standard InChI is InChI=1S/C14H14F3NO5/c15-14(16,17)8-23-11-7-9(3-4-10(11)18(21)22)13(12(19)20)5-1-2-6-13/h3-4,7H,1-2,5-6,8H2,(H,19,20). The van der Waals surface area contributed by atoms with E-state index in [0.29, 0.717) is 25.7 Å². The third-order valence-electron chi connectivity index (χ3n) is 3.97. The minimum atomic E-state index is -4.65. The molecule has 1 fully saturated rings. The van der Waals surface area contributed by atoms with Crippen molar-refractivity contribution in [3.8, 4) is 5.75 Å². The van der Waals surface area contributed by atoms with E-state index in [2.05, 4.69) is 4.74 Å². The van der Waals surface area contributed by atoms with Gasteiger partial charge in [-0.1, -0.05) is 18.9 Å². The Morgan fingerprint density at radius 3 is 2.43 bits per heavy atom. The van der Waals surface area contributed by atoms with E-state index >= 15 is 0 Å². The average molecular weight is 333 g/mol. The molecule has 0 aliphatic heterocycles. The number of hydrogen-bond acceptors (Lipinski definition) is 4. The zero-order valence-electron chi connectivity index (χ0n) is 11.9. The van der Waals surface area contributed by atoms with Gasteiger partial charge in [-0.2, -0.15) is 13.2 Å². The number of hydrogen-bond donors (Lipinski definition) is 1. The van der Waals surface area contributed by atoms with Gasteiger partial charge in [0.2, 0.25) is 0 Å². The molecule has 9 heteroatoms. The average Bonchev–Trinajstić information content (AvgIpc) is 2.94. The summed E-state index contributed by atoms with van der Waals surface area (Å²) in [5, 5.41) is 20.4. The lowest BCUT2D eigenvalue weighted by atomic mass is 9.79. The summed E-state index contributed by atoms with van der Waals surface area (Å²) in [4.78, 5) is 21.7.